The molecule has 0 aliphatic carbocycles. The number of likely N-dealkylation sites (tertiary alicyclic amines) is 1. The molecular formula is C21H26N6OS. The molecule has 3 aromatic heterocycles. The zero-order valence-electron chi connectivity index (χ0n) is 16.9. The van der Waals surface area contributed by atoms with E-state index in [0.717, 1.165) is 56.8 Å². The molecule has 8 heteroatoms. The van der Waals surface area contributed by atoms with Crippen molar-refractivity contribution in [1.29, 1.82) is 0 Å². The van der Waals surface area contributed by atoms with E-state index in [9.17, 15) is 0 Å². The predicted octanol–water partition coefficient (Wildman–Crippen LogP) is 3.13. The van der Waals surface area contributed by atoms with Gasteiger partial charge in [-0.1, -0.05) is 12.1 Å². The lowest BCUT2D eigenvalue weighted by Gasteiger charge is -2.47. The van der Waals surface area contributed by atoms with Crippen molar-refractivity contribution in [1.82, 2.24) is 29.9 Å². The summed E-state index contributed by atoms with van der Waals surface area (Å²) in [4.78, 5) is 13.6. The normalized spacial score (nSPS) is 24.7. The molecule has 0 radical (unpaired) electrons. The standard InChI is InChI=1S/C21H26N6OS/c1-3-18-8-19-20(29-18)4-7-28-21(19)5-6-26(15(2)9-21)12-16-13-27(25-24-16)17-10-22-14-23-11-17/h8,10-11,13-15H,3-7,9,12H2,1-2H3/t15-,21+/m0/s1. The van der Waals surface area contributed by atoms with Crippen LogP contribution in [0.5, 0.6) is 0 Å². The second-order valence-electron chi connectivity index (χ2n) is 8.02. The third-order valence-electron chi connectivity index (χ3n) is 6.18. The zero-order chi connectivity index (χ0) is 19.8. The molecule has 0 aromatic carbocycles. The Kier molecular flexibility index (Phi) is 4.93. The molecular weight excluding hydrogens is 384 g/mol. The summed E-state index contributed by atoms with van der Waals surface area (Å²) < 4.78 is 8.19. The first-order chi connectivity index (χ1) is 14.2. The Balaban J connectivity index is 1.30. The monoisotopic (exact) mass is 410 g/mol. The number of piperidine rings is 1. The van der Waals surface area contributed by atoms with Crippen LogP contribution >= 0.6 is 11.3 Å². The molecule has 3 aromatic rings. The maximum atomic E-state index is 6.46. The molecule has 5 rings (SSSR count). The van der Waals surface area contributed by atoms with Gasteiger partial charge >= 0.3 is 0 Å². The third kappa shape index (κ3) is 3.49. The lowest BCUT2D eigenvalue weighted by Crippen LogP contribution is -2.50. The van der Waals surface area contributed by atoms with E-state index in [1.165, 1.54) is 16.8 Å². The molecule has 2 atom stereocenters. The van der Waals surface area contributed by atoms with Crippen molar-refractivity contribution in [3.05, 3.63) is 52.0 Å². The Bertz CT molecular complexity index is 986. The minimum absolute atomic E-state index is 0.105. The number of rotatable bonds is 4. The van der Waals surface area contributed by atoms with Crippen LogP contribution in [0.25, 0.3) is 5.69 Å². The van der Waals surface area contributed by atoms with Crippen LogP contribution in [0.15, 0.2) is 31.0 Å². The van der Waals surface area contributed by atoms with Crippen LogP contribution in [0.4, 0.5) is 0 Å². The van der Waals surface area contributed by atoms with Crippen molar-refractivity contribution < 1.29 is 4.74 Å². The average molecular weight is 411 g/mol. The molecule has 2 aliphatic rings. The van der Waals surface area contributed by atoms with Gasteiger partial charge in [-0.15, -0.1) is 16.4 Å². The number of hydrogen-bond donors (Lipinski definition) is 0. The molecule has 152 valence electrons. The number of fused-ring (bicyclic) bond motifs is 2. The van der Waals surface area contributed by atoms with E-state index in [2.05, 4.69) is 45.1 Å². The van der Waals surface area contributed by atoms with Gasteiger partial charge in [0.2, 0.25) is 0 Å². The summed E-state index contributed by atoms with van der Waals surface area (Å²) in [5.74, 6) is 0. The second kappa shape index (κ2) is 7.59. The van der Waals surface area contributed by atoms with Crippen LogP contribution < -0.4 is 0 Å². The molecule has 1 fully saturated rings. The largest absolute Gasteiger partial charge is 0.370 e. The summed E-state index contributed by atoms with van der Waals surface area (Å²) in [6, 6.07) is 2.83. The van der Waals surface area contributed by atoms with E-state index in [0.29, 0.717) is 6.04 Å². The molecule has 0 amide bonds. The molecule has 0 N–H and O–H groups in total. The summed E-state index contributed by atoms with van der Waals surface area (Å²) in [6.45, 7) is 7.18. The molecule has 29 heavy (non-hydrogen) atoms. The van der Waals surface area contributed by atoms with E-state index in [-0.39, 0.29) is 5.60 Å². The highest BCUT2D eigenvalue weighted by Gasteiger charge is 2.44. The maximum Gasteiger partial charge on any atom is 0.115 e. The Morgan fingerprint density at radius 1 is 1.31 bits per heavy atom. The van der Waals surface area contributed by atoms with Crippen molar-refractivity contribution in [3.8, 4) is 5.69 Å². The predicted molar refractivity (Wildman–Crippen MR) is 111 cm³/mol. The number of thiophene rings is 1. The highest BCUT2D eigenvalue weighted by molar-refractivity contribution is 7.12. The van der Waals surface area contributed by atoms with Gasteiger partial charge in [0, 0.05) is 35.3 Å². The molecule has 0 unspecified atom stereocenters. The highest BCUT2D eigenvalue weighted by Crippen LogP contribution is 2.46. The fourth-order valence-electron chi connectivity index (χ4n) is 4.62. The van der Waals surface area contributed by atoms with Gasteiger partial charge in [0.15, 0.2) is 0 Å². The first kappa shape index (κ1) is 18.8. The molecule has 1 spiro atoms. The van der Waals surface area contributed by atoms with Gasteiger partial charge in [-0.3, -0.25) is 4.90 Å². The van der Waals surface area contributed by atoms with Crippen molar-refractivity contribution in [2.75, 3.05) is 13.2 Å². The van der Waals surface area contributed by atoms with Gasteiger partial charge in [-0.05, 0) is 37.8 Å². The van der Waals surface area contributed by atoms with Crippen molar-refractivity contribution in [3.63, 3.8) is 0 Å². The lowest BCUT2D eigenvalue weighted by atomic mass is 9.79. The number of nitrogens with zero attached hydrogens (tertiary/aromatic N) is 6. The summed E-state index contributed by atoms with van der Waals surface area (Å²) >= 11 is 1.98. The van der Waals surface area contributed by atoms with Gasteiger partial charge in [0.05, 0.1) is 36.5 Å². The first-order valence-electron chi connectivity index (χ1n) is 10.3. The topological polar surface area (TPSA) is 69.0 Å². The smallest absolute Gasteiger partial charge is 0.115 e. The Morgan fingerprint density at radius 3 is 2.97 bits per heavy atom. The van der Waals surface area contributed by atoms with Crippen LogP contribution in [0.2, 0.25) is 0 Å². The van der Waals surface area contributed by atoms with Crippen molar-refractivity contribution in [2.24, 2.45) is 0 Å². The van der Waals surface area contributed by atoms with E-state index < -0.39 is 0 Å². The minimum Gasteiger partial charge on any atom is -0.370 e. The van der Waals surface area contributed by atoms with E-state index >= 15 is 0 Å². The second-order valence-corrected chi connectivity index (χ2v) is 9.24. The van der Waals surface area contributed by atoms with Gasteiger partial charge in [-0.25, -0.2) is 14.6 Å². The molecule has 5 heterocycles. The fraction of sp³-hybridized carbons (Fsp3) is 0.524. The third-order valence-corrected chi connectivity index (χ3v) is 7.51. The summed E-state index contributed by atoms with van der Waals surface area (Å²) in [7, 11) is 0. The Labute approximate surface area is 174 Å². The molecule has 0 saturated carbocycles. The zero-order valence-corrected chi connectivity index (χ0v) is 17.7. The van der Waals surface area contributed by atoms with Gasteiger partial charge < -0.3 is 4.74 Å². The molecule has 2 aliphatic heterocycles. The minimum atomic E-state index is -0.105. The number of ether oxygens (including phenoxy) is 1. The van der Waals surface area contributed by atoms with Crippen LogP contribution in [0, 0.1) is 0 Å². The quantitative estimate of drug-likeness (QED) is 0.658. The van der Waals surface area contributed by atoms with Crippen molar-refractivity contribution in [2.45, 2.75) is 57.7 Å². The number of aromatic nitrogens is 5. The molecule has 7 nitrogen and oxygen atoms in total. The van der Waals surface area contributed by atoms with E-state index in [4.69, 9.17) is 4.74 Å². The highest BCUT2D eigenvalue weighted by atomic mass is 32.1. The maximum absolute atomic E-state index is 6.46. The number of hydrogen-bond acceptors (Lipinski definition) is 7. The number of aryl methyl sites for hydroxylation is 1. The Morgan fingerprint density at radius 2 is 2.17 bits per heavy atom. The summed E-state index contributed by atoms with van der Waals surface area (Å²) in [6.07, 6.45) is 11.2. The van der Waals surface area contributed by atoms with Crippen LogP contribution in [0.3, 0.4) is 0 Å². The van der Waals surface area contributed by atoms with E-state index in [1.54, 1.807) is 22.0 Å². The Hall–Kier alpha value is -2.16. The van der Waals surface area contributed by atoms with Crippen molar-refractivity contribution >= 4 is 11.3 Å². The average Bonchev–Trinajstić information content (AvgIpc) is 3.39. The first-order valence-corrected chi connectivity index (χ1v) is 11.2. The molecule has 1 saturated heterocycles. The molecule has 0 bridgehead atoms. The fourth-order valence-corrected chi connectivity index (χ4v) is 5.80. The van der Waals surface area contributed by atoms with Gasteiger partial charge in [0.1, 0.15) is 12.0 Å². The van der Waals surface area contributed by atoms with Gasteiger partial charge in [-0.2, -0.15) is 0 Å². The SMILES string of the molecule is CCc1cc2c(s1)CCO[C@@]21CCN(Cc2cn(-c3cncnc3)nn2)[C@@H](C)C1. The van der Waals surface area contributed by atoms with Crippen LogP contribution in [-0.2, 0) is 29.7 Å². The van der Waals surface area contributed by atoms with Gasteiger partial charge in [0.25, 0.3) is 0 Å². The van der Waals surface area contributed by atoms with Crippen LogP contribution in [0.1, 0.15) is 47.7 Å². The lowest BCUT2D eigenvalue weighted by molar-refractivity contribution is -0.112. The van der Waals surface area contributed by atoms with E-state index in [1.807, 2.05) is 17.5 Å². The summed E-state index contributed by atoms with van der Waals surface area (Å²) in [5.41, 5.74) is 3.15. The van der Waals surface area contributed by atoms with Crippen LogP contribution in [-0.4, -0.2) is 49.1 Å². The summed E-state index contributed by atoms with van der Waals surface area (Å²) in [5, 5.41) is 8.60.